The van der Waals surface area contributed by atoms with Gasteiger partial charge in [0.25, 0.3) is 0 Å². The Bertz CT molecular complexity index is 3260. The molecule has 2 heterocycles. The van der Waals surface area contributed by atoms with Crippen molar-refractivity contribution < 1.29 is 8.83 Å². The topological polar surface area (TPSA) is 29.5 Å². The Kier molecular flexibility index (Phi) is 6.55. The van der Waals surface area contributed by atoms with E-state index in [0.29, 0.717) is 0 Å². The van der Waals surface area contributed by atoms with Gasteiger partial charge in [0.05, 0.1) is 5.41 Å². The van der Waals surface area contributed by atoms with Gasteiger partial charge in [0.2, 0.25) is 0 Å². The minimum atomic E-state index is -0.450. The van der Waals surface area contributed by atoms with E-state index in [9.17, 15) is 0 Å². The molecule has 0 unspecified atom stereocenters. The number of nitrogens with zero attached hydrogens (tertiary/aromatic N) is 1. The molecule has 1 aliphatic rings. The first-order valence-corrected chi connectivity index (χ1v) is 19.2. The zero-order valence-electron chi connectivity index (χ0n) is 30.3. The fraction of sp³-hybridized carbons (Fsp3) is 0.0189. The molecule has 9 aromatic carbocycles. The highest BCUT2D eigenvalue weighted by Gasteiger charge is 2.45. The van der Waals surface area contributed by atoms with E-state index in [1.165, 1.54) is 33.4 Å². The van der Waals surface area contributed by atoms with Gasteiger partial charge in [-0.2, -0.15) is 0 Å². The molecule has 0 atom stereocenters. The number of furan rings is 2. The van der Waals surface area contributed by atoms with Gasteiger partial charge in [0, 0.05) is 55.4 Å². The van der Waals surface area contributed by atoms with Gasteiger partial charge in [0.1, 0.15) is 22.3 Å². The van der Waals surface area contributed by atoms with E-state index in [4.69, 9.17) is 8.83 Å². The van der Waals surface area contributed by atoms with Gasteiger partial charge in [-0.1, -0.05) is 127 Å². The van der Waals surface area contributed by atoms with E-state index >= 15 is 0 Å². The summed E-state index contributed by atoms with van der Waals surface area (Å²) in [5, 5.41) is 6.52. The monoisotopic (exact) mass is 715 g/mol. The summed E-state index contributed by atoms with van der Waals surface area (Å²) in [7, 11) is 0. The van der Waals surface area contributed by atoms with Crippen LogP contribution in [0.3, 0.4) is 0 Å². The van der Waals surface area contributed by atoms with Crippen molar-refractivity contribution in [2.45, 2.75) is 5.41 Å². The number of fused-ring (bicyclic) bond motifs is 12. The Hall–Kier alpha value is -7.36. The Labute approximate surface area is 323 Å². The Morgan fingerprint density at radius 2 is 0.768 bits per heavy atom. The van der Waals surface area contributed by atoms with E-state index in [-0.39, 0.29) is 0 Å². The van der Waals surface area contributed by atoms with Crippen LogP contribution in [0.5, 0.6) is 0 Å². The van der Waals surface area contributed by atoms with E-state index in [2.05, 4.69) is 193 Å². The van der Waals surface area contributed by atoms with Crippen LogP contribution in [0.4, 0.5) is 17.1 Å². The molecular formula is C53H33NO2. The van der Waals surface area contributed by atoms with Crippen molar-refractivity contribution in [3.63, 3.8) is 0 Å². The van der Waals surface area contributed by atoms with Gasteiger partial charge in [-0.25, -0.2) is 0 Å². The number of para-hydroxylation sites is 2. The zero-order valence-corrected chi connectivity index (χ0v) is 30.3. The predicted molar refractivity (Wildman–Crippen MR) is 230 cm³/mol. The van der Waals surface area contributed by atoms with E-state index < -0.39 is 5.41 Å². The van der Waals surface area contributed by atoms with Gasteiger partial charge in [-0.05, 0) is 100 Å². The molecular weight excluding hydrogens is 683 g/mol. The molecule has 0 fully saturated rings. The standard InChI is InChI=1S/C53H33NO2/c1-3-13-34(14-4-1)53(47-20-10-7-17-39(47)40-18-8-11-21-48(40)53)35-23-25-37(26-24-35)54(36-15-5-2-6-16-36)38-27-28-42-44-30-32-45-46(52(44)56-50(42)33-38)31-29-43-41-19-9-12-22-49(41)55-51(43)45/h1-33H. The largest absolute Gasteiger partial charge is 0.455 e. The van der Waals surface area contributed by atoms with E-state index in [1.54, 1.807) is 0 Å². The lowest BCUT2D eigenvalue weighted by molar-refractivity contribution is 0.669. The zero-order chi connectivity index (χ0) is 36.8. The van der Waals surface area contributed by atoms with Crippen LogP contribution in [-0.4, -0.2) is 0 Å². The second-order valence-electron chi connectivity index (χ2n) is 14.8. The highest BCUT2D eigenvalue weighted by atomic mass is 16.3. The van der Waals surface area contributed by atoms with Crippen molar-refractivity contribution in [1.29, 1.82) is 0 Å². The van der Waals surface area contributed by atoms with Gasteiger partial charge in [-0.15, -0.1) is 0 Å². The molecule has 0 spiro atoms. The van der Waals surface area contributed by atoms with E-state index in [1.807, 2.05) is 12.1 Å². The maximum atomic E-state index is 6.80. The van der Waals surface area contributed by atoms with Crippen LogP contribution in [-0.2, 0) is 5.41 Å². The van der Waals surface area contributed by atoms with Crippen LogP contribution >= 0.6 is 0 Å². The minimum absolute atomic E-state index is 0.450. The average Bonchev–Trinajstić information content (AvgIpc) is 3.93. The second kappa shape index (κ2) is 11.8. The van der Waals surface area contributed by atoms with Crippen LogP contribution in [0, 0.1) is 0 Å². The van der Waals surface area contributed by atoms with Crippen molar-refractivity contribution in [3.05, 3.63) is 222 Å². The predicted octanol–water partition coefficient (Wildman–Crippen LogP) is 14.5. The van der Waals surface area contributed by atoms with Crippen LogP contribution in [0.15, 0.2) is 209 Å². The normalized spacial score (nSPS) is 13.1. The van der Waals surface area contributed by atoms with Crippen LogP contribution < -0.4 is 4.90 Å². The summed E-state index contributed by atoms with van der Waals surface area (Å²) >= 11 is 0. The third-order valence-electron chi connectivity index (χ3n) is 11.9. The van der Waals surface area contributed by atoms with Crippen molar-refractivity contribution in [2.24, 2.45) is 0 Å². The highest BCUT2D eigenvalue weighted by molar-refractivity contribution is 6.22. The lowest BCUT2D eigenvalue weighted by Crippen LogP contribution is -2.28. The molecule has 1 aliphatic carbocycles. The quantitative estimate of drug-likeness (QED) is 0.178. The summed E-state index contributed by atoms with van der Waals surface area (Å²) in [5.41, 5.74) is 13.9. The molecule has 3 nitrogen and oxygen atoms in total. The van der Waals surface area contributed by atoms with Gasteiger partial charge < -0.3 is 13.7 Å². The number of anilines is 3. The molecule has 0 saturated heterocycles. The molecule has 0 amide bonds. The molecule has 56 heavy (non-hydrogen) atoms. The number of hydrogen-bond acceptors (Lipinski definition) is 3. The molecule has 2 aromatic heterocycles. The molecule has 11 aromatic rings. The summed E-state index contributed by atoms with van der Waals surface area (Å²) in [6.45, 7) is 0. The Balaban J connectivity index is 1.02. The first kappa shape index (κ1) is 31.0. The fourth-order valence-electron chi connectivity index (χ4n) is 9.55. The van der Waals surface area contributed by atoms with Crippen molar-refractivity contribution in [2.75, 3.05) is 4.90 Å². The molecule has 0 saturated carbocycles. The number of rotatable bonds is 5. The lowest BCUT2D eigenvalue weighted by atomic mass is 9.68. The van der Waals surface area contributed by atoms with Crippen LogP contribution in [0.1, 0.15) is 22.3 Å². The summed E-state index contributed by atoms with van der Waals surface area (Å²) in [5.74, 6) is 0. The van der Waals surface area contributed by atoms with Crippen molar-refractivity contribution in [1.82, 2.24) is 0 Å². The SMILES string of the molecule is c1ccc(N(c2ccc(C3(c4ccccc4)c4ccccc4-c4ccccc43)cc2)c2ccc3c(c2)oc2c3ccc3c2ccc2c4ccccc4oc23)cc1. The number of benzene rings is 9. The van der Waals surface area contributed by atoms with Gasteiger partial charge in [0.15, 0.2) is 0 Å². The summed E-state index contributed by atoms with van der Waals surface area (Å²) in [6, 6.07) is 72.0. The molecule has 0 N–H and O–H groups in total. The van der Waals surface area contributed by atoms with Crippen LogP contribution in [0.2, 0.25) is 0 Å². The molecule has 0 bridgehead atoms. The maximum absolute atomic E-state index is 6.80. The highest BCUT2D eigenvalue weighted by Crippen LogP contribution is 2.56. The average molecular weight is 716 g/mol. The molecule has 3 heteroatoms. The Morgan fingerprint density at radius 3 is 1.43 bits per heavy atom. The fourth-order valence-corrected chi connectivity index (χ4v) is 9.55. The van der Waals surface area contributed by atoms with Gasteiger partial charge >= 0.3 is 0 Å². The molecule has 0 radical (unpaired) electrons. The first-order chi connectivity index (χ1) is 27.8. The van der Waals surface area contributed by atoms with Crippen molar-refractivity contribution >= 4 is 71.7 Å². The summed E-state index contributed by atoms with van der Waals surface area (Å²) < 4.78 is 13.2. The molecule has 262 valence electrons. The minimum Gasteiger partial charge on any atom is -0.455 e. The van der Waals surface area contributed by atoms with Gasteiger partial charge in [-0.3, -0.25) is 0 Å². The number of hydrogen-bond donors (Lipinski definition) is 0. The molecule has 12 rings (SSSR count). The molecule has 0 aliphatic heterocycles. The first-order valence-electron chi connectivity index (χ1n) is 19.2. The van der Waals surface area contributed by atoms with Crippen molar-refractivity contribution in [3.8, 4) is 11.1 Å². The summed E-state index contributed by atoms with van der Waals surface area (Å²) in [6.07, 6.45) is 0. The van der Waals surface area contributed by atoms with E-state index in [0.717, 1.165) is 71.7 Å². The third kappa shape index (κ3) is 4.28. The Morgan fingerprint density at radius 1 is 0.321 bits per heavy atom. The van der Waals surface area contributed by atoms with Crippen LogP contribution in [0.25, 0.3) is 65.8 Å². The smallest absolute Gasteiger partial charge is 0.143 e. The third-order valence-corrected chi connectivity index (χ3v) is 11.9. The maximum Gasteiger partial charge on any atom is 0.143 e. The summed E-state index contributed by atoms with van der Waals surface area (Å²) in [4.78, 5) is 2.32. The lowest BCUT2D eigenvalue weighted by Gasteiger charge is -2.34. The second-order valence-corrected chi connectivity index (χ2v) is 14.8.